The molecule has 0 atom stereocenters. The van der Waals surface area contributed by atoms with Gasteiger partial charge in [0.15, 0.2) is 0 Å². The Balaban J connectivity index is 2.21. The summed E-state index contributed by atoms with van der Waals surface area (Å²) in [5.41, 5.74) is 1.05. The molecule has 1 aromatic heterocycles. The first kappa shape index (κ1) is 20.6. The fraction of sp³-hybridized carbons (Fsp3) is 0.471. The van der Waals surface area contributed by atoms with E-state index >= 15 is 0 Å². The van der Waals surface area contributed by atoms with Crippen molar-refractivity contribution in [1.82, 2.24) is 9.80 Å². The molecule has 0 spiro atoms. The normalized spacial score (nSPS) is 14.1. The number of ether oxygens (including phenoxy) is 1. The summed E-state index contributed by atoms with van der Waals surface area (Å²) in [6.07, 6.45) is 0.579. The van der Waals surface area contributed by atoms with Crippen molar-refractivity contribution >= 4 is 46.1 Å². The fourth-order valence-electron chi connectivity index (χ4n) is 2.79. The maximum absolute atomic E-state index is 12.4. The van der Waals surface area contributed by atoms with E-state index in [0.717, 1.165) is 15.3 Å². The molecule has 1 fully saturated rings. The van der Waals surface area contributed by atoms with E-state index in [-0.39, 0.29) is 18.7 Å². The van der Waals surface area contributed by atoms with E-state index in [1.165, 1.54) is 11.3 Å². The highest BCUT2D eigenvalue weighted by Crippen LogP contribution is 2.34. The van der Waals surface area contributed by atoms with Gasteiger partial charge >= 0.3 is 23.8 Å². The Labute approximate surface area is 160 Å². The molecule has 2 rings (SSSR count). The smallest absolute Gasteiger partial charge is 0.341 e. The number of amides is 5. The number of anilines is 1. The van der Waals surface area contributed by atoms with Crippen molar-refractivity contribution in [1.29, 1.82) is 0 Å². The molecule has 0 saturated carbocycles. The van der Waals surface area contributed by atoms with Crippen molar-refractivity contribution in [2.75, 3.05) is 25.0 Å². The van der Waals surface area contributed by atoms with E-state index in [9.17, 15) is 24.0 Å². The zero-order valence-electron chi connectivity index (χ0n) is 15.6. The van der Waals surface area contributed by atoms with Crippen LogP contribution >= 0.6 is 11.3 Å². The van der Waals surface area contributed by atoms with Gasteiger partial charge in [0.1, 0.15) is 11.5 Å². The number of rotatable bonds is 7. The number of carbonyl (C=O) groups is 5. The van der Waals surface area contributed by atoms with E-state index in [1.807, 2.05) is 13.8 Å². The van der Waals surface area contributed by atoms with Gasteiger partial charge in [-0.1, -0.05) is 6.92 Å². The van der Waals surface area contributed by atoms with Crippen molar-refractivity contribution in [2.45, 2.75) is 34.1 Å². The molecule has 0 unspecified atom stereocenters. The summed E-state index contributed by atoms with van der Waals surface area (Å²) in [6.45, 7) is 6.57. The first-order chi connectivity index (χ1) is 12.8. The van der Waals surface area contributed by atoms with E-state index in [0.29, 0.717) is 16.3 Å². The van der Waals surface area contributed by atoms with Gasteiger partial charge in [-0.25, -0.2) is 14.5 Å². The summed E-state index contributed by atoms with van der Waals surface area (Å²) in [5, 5.41) is 2.86. The molecule has 10 heteroatoms. The van der Waals surface area contributed by atoms with E-state index in [4.69, 9.17) is 4.74 Å². The van der Waals surface area contributed by atoms with Gasteiger partial charge in [-0.2, -0.15) is 0 Å². The number of urea groups is 1. The van der Waals surface area contributed by atoms with Crippen molar-refractivity contribution in [3.8, 4) is 0 Å². The predicted octanol–water partition coefficient (Wildman–Crippen LogP) is 1.54. The molecule has 1 N–H and O–H groups in total. The molecule has 1 aliphatic heterocycles. The monoisotopic (exact) mass is 395 g/mol. The molecule has 0 aromatic carbocycles. The topological polar surface area (TPSA) is 113 Å². The number of nitrogens with zero attached hydrogens (tertiary/aromatic N) is 2. The molecule has 0 aliphatic carbocycles. The van der Waals surface area contributed by atoms with Crippen LogP contribution in [-0.2, 0) is 25.5 Å². The first-order valence-electron chi connectivity index (χ1n) is 8.53. The third-order valence-corrected chi connectivity index (χ3v) is 5.11. The summed E-state index contributed by atoms with van der Waals surface area (Å²) in [7, 11) is 0. The first-order valence-corrected chi connectivity index (χ1v) is 9.34. The maximum Gasteiger partial charge on any atom is 0.341 e. The lowest BCUT2D eigenvalue weighted by Gasteiger charge is -2.14. The molecule has 1 aromatic rings. The molecule has 146 valence electrons. The van der Waals surface area contributed by atoms with Gasteiger partial charge in [0.25, 0.3) is 0 Å². The van der Waals surface area contributed by atoms with Crippen LogP contribution in [0.5, 0.6) is 0 Å². The lowest BCUT2D eigenvalue weighted by Crippen LogP contribution is -2.39. The van der Waals surface area contributed by atoms with Crippen LogP contribution in [0.1, 0.15) is 41.6 Å². The second-order valence-electron chi connectivity index (χ2n) is 5.69. The fourth-order valence-corrected chi connectivity index (χ4v) is 3.94. The van der Waals surface area contributed by atoms with Gasteiger partial charge in [-0.15, -0.1) is 11.3 Å². The van der Waals surface area contributed by atoms with Gasteiger partial charge in [0.2, 0.25) is 5.91 Å². The molecule has 2 heterocycles. The Hall–Kier alpha value is -2.75. The van der Waals surface area contributed by atoms with Crippen LogP contribution in [0, 0.1) is 6.92 Å². The average molecular weight is 395 g/mol. The quantitative estimate of drug-likeness (QED) is 0.426. The number of nitrogens with one attached hydrogen (secondary N) is 1. The molecular formula is C17H21N3O6S. The van der Waals surface area contributed by atoms with Crippen LogP contribution in [0.3, 0.4) is 0 Å². The summed E-state index contributed by atoms with van der Waals surface area (Å²) in [5.74, 6) is -3.23. The van der Waals surface area contributed by atoms with Gasteiger partial charge in [0, 0.05) is 11.4 Å². The van der Waals surface area contributed by atoms with Crippen LogP contribution < -0.4 is 5.32 Å². The van der Waals surface area contributed by atoms with Gasteiger partial charge in [-0.3, -0.25) is 19.3 Å². The largest absolute Gasteiger partial charge is 0.462 e. The number of imide groups is 2. The molecule has 5 amide bonds. The highest BCUT2D eigenvalue weighted by atomic mass is 32.1. The van der Waals surface area contributed by atoms with Crippen molar-refractivity contribution in [3.05, 3.63) is 16.0 Å². The number of aryl methyl sites for hydroxylation is 1. The van der Waals surface area contributed by atoms with Crippen molar-refractivity contribution in [2.24, 2.45) is 0 Å². The summed E-state index contributed by atoms with van der Waals surface area (Å²) < 4.78 is 5.06. The molecule has 1 saturated heterocycles. The SMILES string of the molecule is CCOC(=O)c1c(NC(=O)CN2C(=O)C(=O)N(CC)C2=O)sc(C)c1CC. The lowest BCUT2D eigenvalue weighted by molar-refractivity contribution is -0.143. The third-order valence-electron chi connectivity index (χ3n) is 4.05. The Morgan fingerprint density at radius 2 is 1.70 bits per heavy atom. The molecule has 27 heavy (non-hydrogen) atoms. The Bertz CT molecular complexity index is 816. The number of hydrogen-bond acceptors (Lipinski definition) is 7. The van der Waals surface area contributed by atoms with Crippen LogP contribution in [-0.4, -0.2) is 59.2 Å². The van der Waals surface area contributed by atoms with Crippen LogP contribution in [0.15, 0.2) is 0 Å². The predicted molar refractivity (Wildman–Crippen MR) is 97.5 cm³/mol. The average Bonchev–Trinajstić information content (AvgIpc) is 3.03. The highest BCUT2D eigenvalue weighted by molar-refractivity contribution is 7.16. The van der Waals surface area contributed by atoms with E-state index in [1.54, 1.807) is 13.8 Å². The second-order valence-corrected chi connectivity index (χ2v) is 6.91. The molecule has 1 aliphatic rings. The van der Waals surface area contributed by atoms with E-state index < -0.39 is 36.3 Å². The molecule has 0 radical (unpaired) electrons. The van der Waals surface area contributed by atoms with Crippen LogP contribution in [0.4, 0.5) is 9.80 Å². The van der Waals surface area contributed by atoms with Gasteiger partial charge in [-0.05, 0) is 32.8 Å². The Morgan fingerprint density at radius 1 is 1.07 bits per heavy atom. The van der Waals surface area contributed by atoms with E-state index in [2.05, 4.69) is 5.32 Å². The molecule has 9 nitrogen and oxygen atoms in total. The number of hydrogen-bond donors (Lipinski definition) is 1. The standard InChI is InChI=1S/C17H21N3O6S/c1-5-10-9(4)27-13(12(10)16(24)26-7-3)18-11(21)8-20-15(23)14(22)19(6-2)17(20)25/h5-8H2,1-4H3,(H,18,21). The van der Waals surface area contributed by atoms with Crippen LogP contribution in [0.2, 0.25) is 0 Å². The number of esters is 1. The summed E-state index contributed by atoms with van der Waals surface area (Å²) in [6, 6.07) is -0.829. The minimum absolute atomic E-state index is 0.0402. The number of likely N-dealkylation sites (N-methyl/N-ethyl adjacent to an activating group) is 1. The molecular weight excluding hydrogens is 374 g/mol. The zero-order valence-corrected chi connectivity index (χ0v) is 16.4. The summed E-state index contributed by atoms with van der Waals surface area (Å²) >= 11 is 1.21. The Morgan fingerprint density at radius 3 is 2.22 bits per heavy atom. The minimum atomic E-state index is -1.04. The lowest BCUT2D eigenvalue weighted by atomic mass is 10.1. The zero-order chi connectivity index (χ0) is 20.3. The van der Waals surface area contributed by atoms with Crippen molar-refractivity contribution < 1.29 is 28.7 Å². The number of carbonyl (C=O) groups excluding carboxylic acids is 5. The highest BCUT2D eigenvalue weighted by Gasteiger charge is 2.44. The molecule has 0 bridgehead atoms. The second kappa shape index (κ2) is 8.30. The van der Waals surface area contributed by atoms with Crippen LogP contribution in [0.25, 0.3) is 0 Å². The number of thiophene rings is 1. The van der Waals surface area contributed by atoms with Gasteiger partial charge in [0.05, 0.1) is 12.2 Å². The minimum Gasteiger partial charge on any atom is -0.462 e. The Kier molecular flexibility index (Phi) is 6.32. The van der Waals surface area contributed by atoms with Crippen molar-refractivity contribution in [3.63, 3.8) is 0 Å². The third kappa shape index (κ3) is 3.85. The van der Waals surface area contributed by atoms with Gasteiger partial charge < -0.3 is 10.1 Å². The maximum atomic E-state index is 12.4. The summed E-state index contributed by atoms with van der Waals surface area (Å²) in [4.78, 5) is 62.6.